The lowest BCUT2D eigenvalue weighted by molar-refractivity contribution is 0.582. The van der Waals surface area contributed by atoms with Crippen LogP contribution in [0.15, 0.2) is 28.2 Å². The Morgan fingerprint density at radius 2 is 2.29 bits per heavy atom. The quantitative estimate of drug-likeness (QED) is 0.917. The molecule has 0 spiro atoms. The molecule has 0 saturated carbocycles. The van der Waals surface area contributed by atoms with Gasteiger partial charge in [0.2, 0.25) is 0 Å². The standard InChI is InChI=1S/C12H16BrN3S/c1-3-7-14-12(9-6-8-16(2)15-9)10-4-5-11(13)17-10/h4-6,8,12,14H,3,7H2,1-2H3. The van der Waals surface area contributed by atoms with E-state index in [-0.39, 0.29) is 6.04 Å². The van der Waals surface area contributed by atoms with Crippen molar-refractivity contribution in [2.24, 2.45) is 7.05 Å². The third-order valence-electron chi connectivity index (χ3n) is 2.51. The SMILES string of the molecule is CCCNC(c1ccn(C)n1)c1ccc(Br)s1. The van der Waals surface area contributed by atoms with Gasteiger partial charge in [-0.15, -0.1) is 11.3 Å². The van der Waals surface area contributed by atoms with Gasteiger partial charge >= 0.3 is 0 Å². The van der Waals surface area contributed by atoms with Crippen molar-refractivity contribution < 1.29 is 0 Å². The van der Waals surface area contributed by atoms with E-state index in [1.165, 1.54) is 4.88 Å². The van der Waals surface area contributed by atoms with E-state index in [1.807, 2.05) is 17.9 Å². The van der Waals surface area contributed by atoms with Gasteiger partial charge in [-0.2, -0.15) is 5.10 Å². The van der Waals surface area contributed by atoms with Gasteiger partial charge in [-0.3, -0.25) is 4.68 Å². The highest BCUT2D eigenvalue weighted by Crippen LogP contribution is 2.30. The lowest BCUT2D eigenvalue weighted by Crippen LogP contribution is -2.22. The molecule has 0 aliphatic heterocycles. The molecule has 2 heterocycles. The molecule has 2 aromatic rings. The van der Waals surface area contributed by atoms with Crippen LogP contribution in [0.2, 0.25) is 0 Å². The average molecular weight is 314 g/mol. The molecule has 0 amide bonds. The number of hydrogen-bond donors (Lipinski definition) is 1. The molecule has 5 heteroatoms. The zero-order valence-corrected chi connectivity index (χ0v) is 12.4. The summed E-state index contributed by atoms with van der Waals surface area (Å²) in [5, 5.41) is 8.04. The Morgan fingerprint density at radius 3 is 2.82 bits per heavy atom. The molecule has 92 valence electrons. The van der Waals surface area contributed by atoms with E-state index in [4.69, 9.17) is 0 Å². The van der Waals surface area contributed by atoms with Crippen molar-refractivity contribution in [3.63, 3.8) is 0 Å². The maximum atomic E-state index is 4.50. The number of aromatic nitrogens is 2. The van der Waals surface area contributed by atoms with E-state index in [2.05, 4.69) is 51.5 Å². The van der Waals surface area contributed by atoms with Crippen LogP contribution in [0.4, 0.5) is 0 Å². The number of thiophene rings is 1. The molecule has 0 radical (unpaired) electrons. The number of halogens is 1. The van der Waals surface area contributed by atoms with Crippen LogP contribution in [-0.2, 0) is 7.05 Å². The summed E-state index contributed by atoms with van der Waals surface area (Å²) in [6.07, 6.45) is 3.11. The molecule has 1 atom stereocenters. The number of hydrogen-bond acceptors (Lipinski definition) is 3. The summed E-state index contributed by atoms with van der Waals surface area (Å²) in [6.45, 7) is 3.17. The first-order chi connectivity index (χ1) is 8.20. The van der Waals surface area contributed by atoms with Gasteiger partial charge in [0.1, 0.15) is 0 Å². The number of nitrogens with zero attached hydrogens (tertiary/aromatic N) is 2. The minimum Gasteiger partial charge on any atom is -0.304 e. The largest absolute Gasteiger partial charge is 0.304 e. The fourth-order valence-corrected chi connectivity index (χ4v) is 3.22. The average Bonchev–Trinajstić information content (AvgIpc) is 2.89. The van der Waals surface area contributed by atoms with Gasteiger partial charge in [-0.25, -0.2) is 0 Å². The summed E-state index contributed by atoms with van der Waals surface area (Å²) in [7, 11) is 1.95. The van der Waals surface area contributed by atoms with Crippen LogP contribution in [-0.4, -0.2) is 16.3 Å². The fourth-order valence-electron chi connectivity index (χ4n) is 1.71. The maximum Gasteiger partial charge on any atom is 0.0864 e. The highest BCUT2D eigenvalue weighted by Gasteiger charge is 2.17. The Hall–Kier alpha value is -0.650. The summed E-state index contributed by atoms with van der Waals surface area (Å²) in [6, 6.07) is 6.51. The first-order valence-electron chi connectivity index (χ1n) is 5.69. The molecule has 0 saturated heterocycles. The Balaban J connectivity index is 2.24. The second-order valence-corrected chi connectivity index (χ2v) is 6.44. The smallest absolute Gasteiger partial charge is 0.0864 e. The van der Waals surface area contributed by atoms with Crippen molar-refractivity contribution in [1.82, 2.24) is 15.1 Å². The van der Waals surface area contributed by atoms with E-state index in [0.29, 0.717) is 0 Å². The first kappa shape index (κ1) is 12.8. The second-order valence-electron chi connectivity index (χ2n) is 3.94. The van der Waals surface area contributed by atoms with Crippen molar-refractivity contribution in [3.05, 3.63) is 38.8 Å². The van der Waals surface area contributed by atoms with Crippen molar-refractivity contribution >= 4 is 27.3 Å². The third kappa shape index (κ3) is 3.18. The molecule has 17 heavy (non-hydrogen) atoms. The number of aryl methyl sites for hydroxylation is 1. The van der Waals surface area contributed by atoms with E-state index >= 15 is 0 Å². The lowest BCUT2D eigenvalue weighted by Gasteiger charge is -2.14. The first-order valence-corrected chi connectivity index (χ1v) is 7.30. The molecule has 2 rings (SSSR count). The van der Waals surface area contributed by atoms with E-state index < -0.39 is 0 Å². The lowest BCUT2D eigenvalue weighted by atomic mass is 10.1. The van der Waals surface area contributed by atoms with Crippen LogP contribution in [0, 0.1) is 0 Å². The van der Waals surface area contributed by atoms with Crippen molar-refractivity contribution in [2.45, 2.75) is 19.4 Å². The summed E-state index contributed by atoms with van der Waals surface area (Å²) in [5.74, 6) is 0. The molecule has 0 aliphatic carbocycles. The molecular weight excluding hydrogens is 298 g/mol. The maximum absolute atomic E-state index is 4.50. The van der Waals surface area contributed by atoms with Crippen LogP contribution >= 0.6 is 27.3 Å². The van der Waals surface area contributed by atoms with Crippen LogP contribution in [0.5, 0.6) is 0 Å². The number of nitrogens with one attached hydrogen (secondary N) is 1. The minimum atomic E-state index is 0.201. The third-order valence-corrected chi connectivity index (χ3v) is 4.20. The normalized spacial score (nSPS) is 12.9. The predicted molar refractivity (Wildman–Crippen MR) is 75.4 cm³/mol. The molecule has 1 unspecified atom stereocenters. The monoisotopic (exact) mass is 313 g/mol. The summed E-state index contributed by atoms with van der Waals surface area (Å²) < 4.78 is 3.00. The Morgan fingerprint density at radius 1 is 1.47 bits per heavy atom. The van der Waals surface area contributed by atoms with Crippen LogP contribution in [0.1, 0.15) is 30.0 Å². The van der Waals surface area contributed by atoms with Gasteiger partial charge in [-0.1, -0.05) is 6.92 Å². The van der Waals surface area contributed by atoms with Crippen LogP contribution < -0.4 is 5.32 Å². The molecule has 0 bridgehead atoms. The zero-order valence-electron chi connectivity index (χ0n) is 9.98. The van der Waals surface area contributed by atoms with E-state index in [1.54, 1.807) is 11.3 Å². The van der Waals surface area contributed by atoms with Crippen molar-refractivity contribution in [2.75, 3.05) is 6.54 Å². The Kier molecular flexibility index (Phi) is 4.36. The van der Waals surface area contributed by atoms with Gasteiger partial charge < -0.3 is 5.32 Å². The molecule has 0 aliphatic rings. The van der Waals surface area contributed by atoms with Crippen molar-refractivity contribution in [1.29, 1.82) is 0 Å². The highest BCUT2D eigenvalue weighted by molar-refractivity contribution is 9.11. The summed E-state index contributed by atoms with van der Waals surface area (Å²) in [5.41, 5.74) is 1.08. The Labute approximate surface area is 114 Å². The zero-order chi connectivity index (χ0) is 12.3. The topological polar surface area (TPSA) is 29.9 Å². The van der Waals surface area contributed by atoms with Crippen LogP contribution in [0.25, 0.3) is 0 Å². The summed E-state index contributed by atoms with van der Waals surface area (Å²) >= 11 is 5.27. The molecule has 0 fully saturated rings. The highest BCUT2D eigenvalue weighted by atomic mass is 79.9. The van der Waals surface area contributed by atoms with Gasteiger partial charge in [0, 0.05) is 18.1 Å². The Bertz CT molecular complexity index is 437. The van der Waals surface area contributed by atoms with E-state index in [0.717, 1.165) is 22.4 Å². The minimum absolute atomic E-state index is 0.201. The molecular formula is C12H16BrN3S. The fraction of sp³-hybridized carbons (Fsp3) is 0.417. The van der Waals surface area contributed by atoms with Gasteiger partial charge in [0.25, 0.3) is 0 Å². The van der Waals surface area contributed by atoms with Crippen LogP contribution in [0.3, 0.4) is 0 Å². The van der Waals surface area contributed by atoms with Crippen molar-refractivity contribution in [3.8, 4) is 0 Å². The van der Waals surface area contributed by atoms with Gasteiger partial charge in [0.05, 0.1) is 15.5 Å². The van der Waals surface area contributed by atoms with E-state index in [9.17, 15) is 0 Å². The second kappa shape index (κ2) is 5.80. The summed E-state index contributed by atoms with van der Waals surface area (Å²) in [4.78, 5) is 1.30. The predicted octanol–water partition coefficient (Wildman–Crippen LogP) is 3.33. The number of rotatable bonds is 5. The molecule has 3 nitrogen and oxygen atoms in total. The van der Waals surface area contributed by atoms with Gasteiger partial charge in [-0.05, 0) is 47.1 Å². The molecule has 1 N–H and O–H groups in total. The van der Waals surface area contributed by atoms with Gasteiger partial charge in [0.15, 0.2) is 0 Å². The molecule has 0 aromatic carbocycles. The molecule has 2 aromatic heterocycles.